The summed E-state index contributed by atoms with van der Waals surface area (Å²) in [6, 6.07) is 11.3. The zero-order valence-corrected chi connectivity index (χ0v) is 19.8. The fourth-order valence-corrected chi connectivity index (χ4v) is 5.86. The minimum atomic E-state index is -3.29. The first kappa shape index (κ1) is 22.2. The highest BCUT2D eigenvalue weighted by atomic mass is 32.2. The molecule has 0 spiro atoms. The van der Waals surface area contributed by atoms with Crippen LogP contribution in [0.15, 0.2) is 61.5 Å². The molecule has 0 saturated carbocycles. The zero-order chi connectivity index (χ0) is 24.2. The fourth-order valence-electron chi connectivity index (χ4n) is 4.63. The van der Waals surface area contributed by atoms with Gasteiger partial charge in [-0.3, -0.25) is 4.79 Å². The minimum Gasteiger partial charge on any atom is -0.460 e. The van der Waals surface area contributed by atoms with E-state index < -0.39 is 27.4 Å². The standard InChI is InChI=1S/C26H23NO6S/c1-14-19-11-21-23(17-7-5-4-6-8-17)16(3)32-25(21)15(2)24(19)33-26(29)20(14)12-22(28)27-18-9-10-34(30,31)13-18/h4-11,18H,12-13H2,1-3H3,(H,27,28)/t18-/m1/s1. The van der Waals surface area contributed by atoms with E-state index in [0.717, 1.165) is 38.6 Å². The van der Waals surface area contributed by atoms with Crippen molar-refractivity contribution in [2.75, 3.05) is 5.75 Å². The van der Waals surface area contributed by atoms with Gasteiger partial charge in [0.1, 0.15) is 16.9 Å². The Labute approximate surface area is 196 Å². The lowest BCUT2D eigenvalue weighted by Crippen LogP contribution is -2.37. The molecular weight excluding hydrogens is 454 g/mol. The average molecular weight is 478 g/mol. The Morgan fingerprint density at radius 3 is 2.41 bits per heavy atom. The predicted molar refractivity (Wildman–Crippen MR) is 130 cm³/mol. The number of hydrogen-bond acceptors (Lipinski definition) is 6. The van der Waals surface area contributed by atoms with E-state index in [2.05, 4.69) is 5.32 Å². The molecule has 0 unspecified atom stereocenters. The summed E-state index contributed by atoms with van der Waals surface area (Å²) in [4.78, 5) is 25.4. The molecule has 1 aliphatic heterocycles. The number of benzene rings is 2. The highest BCUT2D eigenvalue weighted by molar-refractivity contribution is 7.94. The van der Waals surface area contributed by atoms with E-state index in [0.29, 0.717) is 16.7 Å². The average Bonchev–Trinajstić information content (AvgIpc) is 3.30. The molecule has 1 amide bonds. The summed E-state index contributed by atoms with van der Waals surface area (Å²) in [6.45, 7) is 5.55. The van der Waals surface area contributed by atoms with Gasteiger partial charge in [0.2, 0.25) is 5.91 Å². The van der Waals surface area contributed by atoms with E-state index in [1.807, 2.05) is 50.2 Å². The maximum atomic E-state index is 12.8. The molecule has 8 heteroatoms. The number of nitrogens with one attached hydrogen (secondary N) is 1. The molecule has 0 bridgehead atoms. The molecule has 2 aromatic heterocycles. The van der Waals surface area contributed by atoms with Gasteiger partial charge in [0.25, 0.3) is 0 Å². The van der Waals surface area contributed by atoms with E-state index in [9.17, 15) is 18.0 Å². The Balaban J connectivity index is 1.60. The lowest BCUT2D eigenvalue weighted by Gasteiger charge is -2.12. The number of rotatable bonds is 4. The molecule has 1 N–H and O–H groups in total. The summed E-state index contributed by atoms with van der Waals surface area (Å²) >= 11 is 0. The number of carbonyl (C=O) groups is 1. The van der Waals surface area contributed by atoms with Crippen LogP contribution in [0.2, 0.25) is 0 Å². The maximum Gasteiger partial charge on any atom is 0.340 e. The topological polar surface area (TPSA) is 107 Å². The molecule has 1 atom stereocenters. The summed E-state index contributed by atoms with van der Waals surface area (Å²) in [5, 5.41) is 5.39. The molecule has 1 aliphatic rings. The summed E-state index contributed by atoms with van der Waals surface area (Å²) < 4.78 is 34.9. The molecule has 5 rings (SSSR count). The van der Waals surface area contributed by atoms with Crippen molar-refractivity contribution in [1.82, 2.24) is 5.32 Å². The minimum absolute atomic E-state index is 0.177. The van der Waals surface area contributed by atoms with Crippen LogP contribution in [-0.4, -0.2) is 26.1 Å². The molecule has 3 heterocycles. The van der Waals surface area contributed by atoms with Gasteiger partial charge in [-0.2, -0.15) is 0 Å². The smallest absolute Gasteiger partial charge is 0.340 e. The van der Waals surface area contributed by atoms with Gasteiger partial charge in [0, 0.05) is 27.3 Å². The highest BCUT2D eigenvalue weighted by Gasteiger charge is 2.25. The van der Waals surface area contributed by atoms with Crippen LogP contribution in [0.4, 0.5) is 0 Å². The van der Waals surface area contributed by atoms with Crippen molar-refractivity contribution in [2.45, 2.75) is 33.2 Å². The van der Waals surface area contributed by atoms with Gasteiger partial charge in [0.15, 0.2) is 9.84 Å². The van der Waals surface area contributed by atoms with Crippen molar-refractivity contribution < 1.29 is 22.0 Å². The molecular formula is C26H23NO6S. The van der Waals surface area contributed by atoms with Gasteiger partial charge < -0.3 is 14.2 Å². The zero-order valence-electron chi connectivity index (χ0n) is 19.0. The van der Waals surface area contributed by atoms with Gasteiger partial charge in [0.05, 0.1) is 23.8 Å². The molecule has 0 radical (unpaired) electrons. The van der Waals surface area contributed by atoms with Gasteiger partial charge in [-0.05, 0) is 44.0 Å². The van der Waals surface area contributed by atoms with Crippen LogP contribution >= 0.6 is 0 Å². The van der Waals surface area contributed by atoms with E-state index in [-0.39, 0.29) is 17.7 Å². The van der Waals surface area contributed by atoms with Crippen LogP contribution in [-0.2, 0) is 21.1 Å². The third kappa shape index (κ3) is 3.74. The van der Waals surface area contributed by atoms with Crippen LogP contribution < -0.4 is 10.9 Å². The van der Waals surface area contributed by atoms with Crippen molar-refractivity contribution >= 4 is 37.7 Å². The van der Waals surface area contributed by atoms with Crippen molar-refractivity contribution in [1.29, 1.82) is 0 Å². The number of sulfone groups is 1. The van der Waals surface area contributed by atoms with Crippen LogP contribution in [0.25, 0.3) is 33.1 Å². The van der Waals surface area contributed by atoms with Crippen LogP contribution in [0.5, 0.6) is 0 Å². The van der Waals surface area contributed by atoms with Gasteiger partial charge in [-0.15, -0.1) is 0 Å². The lowest BCUT2D eigenvalue weighted by atomic mass is 9.96. The third-order valence-corrected chi connectivity index (χ3v) is 7.71. The number of carbonyl (C=O) groups excluding carboxylic acids is 1. The normalized spacial score (nSPS) is 17.0. The molecule has 0 fully saturated rings. The molecule has 2 aromatic carbocycles. The Bertz CT molecular complexity index is 1660. The monoisotopic (exact) mass is 477 g/mol. The Kier molecular flexibility index (Phi) is 5.20. The number of aryl methyl sites for hydroxylation is 3. The number of amides is 1. The SMILES string of the molecule is Cc1oc2c(C)c3oc(=O)c(CC(=O)N[C@@H]4C=CS(=O)(=O)C4)c(C)c3cc2c1-c1ccccc1. The lowest BCUT2D eigenvalue weighted by molar-refractivity contribution is -0.120. The molecule has 0 aliphatic carbocycles. The molecule has 174 valence electrons. The van der Waals surface area contributed by atoms with Crippen molar-refractivity contribution in [2.24, 2.45) is 0 Å². The van der Waals surface area contributed by atoms with E-state index >= 15 is 0 Å². The Morgan fingerprint density at radius 2 is 1.74 bits per heavy atom. The second-order valence-electron chi connectivity index (χ2n) is 8.66. The summed E-state index contributed by atoms with van der Waals surface area (Å²) in [5.41, 5.74) is 4.10. The Hall–Kier alpha value is -3.65. The second kappa shape index (κ2) is 7.99. The van der Waals surface area contributed by atoms with Crippen molar-refractivity contribution in [3.63, 3.8) is 0 Å². The fraction of sp³-hybridized carbons (Fsp3) is 0.231. The highest BCUT2D eigenvalue weighted by Crippen LogP contribution is 2.39. The first-order chi connectivity index (χ1) is 16.1. The van der Waals surface area contributed by atoms with Crippen LogP contribution in [0, 0.1) is 20.8 Å². The summed E-state index contributed by atoms with van der Waals surface area (Å²) in [7, 11) is -3.29. The van der Waals surface area contributed by atoms with E-state index in [1.54, 1.807) is 6.92 Å². The summed E-state index contributed by atoms with van der Waals surface area (Å²) in [6.07, 6.45) is 1.23. The largest absolute Gasteiger partial charge is 0.460 e. The second-order valence-corrected chi connectivity index (χ2v) is 10.6. The quantitative estimate of drug-likeness (QED) is 0.444. The van der Waals surface area contributed by atoms with E-state index in [1.165, 1.54) is 6.08 Å². The molecule has 0 saturated heterocycles. The number of furan rings is 1. The Morgan fingerprint density at radius 1 is 1.03 bits per heavy atom. The van der Waals surface area contributed by atoms with Crippen LogP contribution in [0.1, 0.15) is 22.5 Å². The third-order valence-electron chi connectivity index (χ3n) is 6.31. The van der Waals surface area contributed by atoms with Crippen molar-refractivity contribution in [3.8, 4) is 11.1 Å². The van der Waals surface area contributed by atoms with Gasteiger partial charge >= 0.3 is 5.63 Å². The summed E-state index contributed by atoms with van der Waals surface area (Å²) in [5.74, 6) is 0.144. The van der Waals surface area contributed by atoms with Crippen LogP contribution in [0.3, 0.4) is 0 Å². The predicted octanol–water partition coefficient (Wildman–Crippen LogP) is 4.10. The van der Waals surface area contributed by atoms with Crippen molar-refractivity contribution in [3.05, 3.63) is 80.8 Å². The number of hydrogen-bond donors (Lipinski definition) is 1. The van der Waals surface area contributed by atoms with Gasteiger partial charge in [-0.25, -0.2) is 13.2 Å². The number of fused-ring (bicyclic) bond motifs is 2. The van der Waals surface area contributed by atoms with Gasteiger partial charge in [-0.1, -0.05) is 30.3 Å². The van der Waals surface area contributed by atoms with E-state index in [4.69, 9.17) is 8.83 Å². The molecule has 34 heavy (non-hydrogen) atoms. The molecule has 7 nitrogen and oxygen atoms in total. The first-order valence-corrected chi connectivity index (χ1v) is 12.6. The molecule has 4 aromatic rings. The maximum absolute atomic E-state index is 12.8. The first-order valence-electron chi connectivity index (χ1n) is 10.9.